The number of thiophene rings is 1. The zero-order valence-corrected chi connectivity index (χ0v) is 11.2. The Hall–Kier alpha value is -0.230. The zero-order chi connectivity index (χ0) is 10.7. The van der Waals surface area contributed by atoms with Crippen LogP contribution in [-0.2, 0) is 6.42 Å². The molecule has 0 atom stereocenters. The van der Waals surface area contributed by atoms with Crippen molar-refractivity contribution < 1.29 is 5.11 Å². The van der Waals surface area contributed by atoms with Gasteiger partial charge in [-0.2, -0.15) is 0 Å². The van der Waals surface area contributed by atoms with E-state index in [0.29, 0.717) is 0 Å². The van der Waals surface area contributed by atoms with Crippen molar-refractivity contribution in [2.75, 3.05) is 6.61 Å². The third-order valence-electron chi connectivity index (χ3n) is 1.93. The molecule has 1 N–H and O–H groups in total. The summed E-state index contributed by atoms with van der Waals surface area (Å²) in [6, 6.07) is 4.11. The fraction of sp³-hybridized carbons (Fsp3) is 0.300. The van der Waals surface area contributed by atoms with Gasteiger partial charge >= 0.3 is 0 Å². The van der Waals surface area contributed by atoms with Crippen LogP contribution < -0.4 is 0 Å². The number of hydrogen-bond donors (Lipinski definition) is 1. The molecule has 80 valence electrons. The van der Waals surface area contributed by atoms with E-state index in [9.17, 15) is 0 Å². The highest BCUT2D eigenvalue weighted by Crippen LogP contribution is 2.33. The number of nitrogens with zero attached hydrogens (tertiary/aromatic N) is 1. The molecule has 2 aromatic heterocycles. The molecule has 2 rings (SSSR count). The smallest absolute Gasteiger partial charge is 0.133 e. The molecule has 0 amide bonds. The van der Waals surface area contributed by atoms with E-state index in [1.54, 1.807) is 22.7 Å². The summed E-state index contributed by atoms with van der Waals surface area (Å²) >= 11 is 6.80. The standard InChI is InChI=1S/C10H10BrNOS2/c11-9-4-3-8(15-9)10-12-7(6-14-10)2-1-5-13/h3-4,6,13H,1-2,5H2. The molecule has 2 nitrogen and oxygen atoms in total. The van der Waals surface area contributed by atoms with E-state index in [2.05, 4.69) is 32.4 Å². The molecule has 0 radical (unpaired) electrons. The predicted molar refractivity (Wildman–Crippen MR) is 68.5 cm³/mol. The summed E-state index contributed by atoms with van der Waals surface area (Å²) < 4.78 is 1.13. The van der Waals surface area contributed by atoms with E-state index in [1.807, 2.05) is 6.07 Å². The largest absolute Gasteiger partial charge is 0.396 e. The molecule has 2 heterocycles. The van der Waals surface area contributed by atoms with Crippen molar-refractivity contribution in [2.45, 2.75) is 12.8 Å². The van der Waals surface area contributed by atoms with Gasteiger partial charge in [-0.05, 0) is 40.9 Å². The lowest BCUT2D eigenvalue weighted by atomic mass is 10.3. The molecule has 0 aliphatic carbocycles. The lowest BCUT2D eigenvalue weighted by molar-refractivity contribution is 0.288. The number of aliphatic hydroxyl groups is 1. The average Bonchev–Trinajstić information content (AvgIpc) is 2.83. The maximum absolute atomic E-state index is 8.73. The van der Waals surface area contributed by atoms with E-state index in [-0.39, 0.29) is 6.61 Å². The number of hydrogen-bond acceptors (Lipinski definition) is 4. The van der Waals surface area contributed by atoms with Gasteiger partial charge in [-0.3, -0.25) is 0 Å². The van der Waals surface area contributed by atoms with E-state index >= 15 is 0 Å². The zero-order valence-electron chi connectivity index (χ0n) is 7.94. The Morgan fingerprint density at radius 3 is 2.93 bits per heavy atom. The quantitative estimate of drug-likeness (QED) is 0.937. The van der Waals surface area contributed by atoms with Crippen LogP contribution in [0.25, 0.3) is 9.88 Å². The second-order valence-corrected chi connectivity index (χ2v) is 6.40. The fourth-order valence-electron chi connectivity index (χ4n) is 1.22. The molecule has 0 fully saturated rings. The van der Waals surface area contributed by atoms with Gasteiger partial charge in [-0.25, -0.2) is 4.98 Å². The van der Waals surface area contributed by atoms with Gasteiger partial charge in [0.25, 0.3) is 0 Å². The van der Waals surface area contributed by atoms with Crippen molar-refractivity contribution in [1.29, 1.82) is 0 Å². The van der Waals surface area contributed by atoms with Gasteiger partial charge < -0.3 is 5.11 Å². The van der Waals surface area contributed by atoms with Gasteiger partial charge in [0.05, 0.1) is 14.4 Å². The highest BCUT2D eigenvalue weighted by Gasteiger charge is 2.06. The van der Waals surface area contributed by atoms with Crippen LogP contribution in [0, 0.1) is 0 Å². The lowest BCUT2D eigenvalue weighted by Gasteiger charge is -1.91. The normalized spacial score (nSPS) is 10.8. The van der Waals surface area contributed by atoms with E-state index < -0.39 is 0 Å². The lowest BCUT2D eigenvalue weighted by Crippen LogP contribution is -1.89. The van der Waals surface area contributed by atoms with Crippen LogP contribution in [0.15, 0.2) is 21.3 Å². The first kappa shape index (κ1) is 11.3. The number of halogens is 1. The van der Waals surface area contributed by atoms with Crippen molar-refractivity contribution in [2.24, 2.45) is 0 Å². The molecule has 0 aliphatic rings. The number of aliphatic hydroxyl groups excluding tert-OH is 1. The minimum absolute atomic E-state index is 0.234. The van der Waals surface area contributed by atoms with Crippen molar-refractivity contribution in [3.8, 4) is 9.88 Å². The number of aromatic nitrogens is 1. The van der Waals surface area contributed by atoms with Crippen LogP contribution in [0.1, 0.15) is 12.1 Å². The van der Waals surface area contributed by atoms with Gasteiger partial charge in [-0.1, -0.05) is 0 Å². The number of rotatable bonds is 4. The average molecular weight is 304 g/mol. The monoisotopic (exact) mass is 303 g/mol. The van der Waals surface area contributed by atoms with E-state index in [4.69, 9.17) is 5.11 Å². The molecule has 0 aliphatic heterocycles. The molecule has 0 spiro atoms. The van der Waals surface area contributed by atoms with Gasteiger partial charge in [0.2, 0.25) is 0 Å². The van der Waals surface area contributed by atoms with Crippen LogP contribution in [0.2, 0.25) is 0 Å². The fourth-order valence-corrected chi connectivity index (χ4v) is 3.54. The highest BCUT2D eigenvalue weighted by molar-refractivity contribution is 9.11. The Morgan fingerprint density at radius 1 is 1.40 bits per heavy atom. The Balaban J connectivity index is 2.13. The van der Waals surface area contributed by atoms with Gasteiger partial charge in [0.15, 0.2) is 0 Å². The van der Waals surface area contributed by atoms with Crippen molar-refractivity contribution in [3.05, 3.63) is 27.0 Å². The van der Waals surface area contributed by atoms with E-state index in [0.717, 1.165) is 27.3 Å². The second-order valence-electron chi connectivity index (χ2n) is 3.07. The summed E-state index contributed by atoms with van der Waals surface area (Å²) in [5, 5.41) is 11.9. The summed E-state index contributed by atoms with van der Waals surface area (Å²) in [4.78, 5) is 5.72. The van der Waals surface area contributed by atoms with E-state index in [1.165, 1.54) is 4.88 Å². The molecule has 15 heavy (non-hydrogen) atoms. The molecule has 0 saturated heterocycles. The highest BCUT2D eigenvalue weighted by atomic mass is 79.9. The minimum Gasteiger partial charge on any atom is -0.396 e. The predicted octanol–water partition coefficient (Wildman–Crippen LogP) is 3.56. The molecule has 0 bridgehead atoms. The molecule has 0 saturated carbocycles. The summed E-state index contributed by atoms with van der Waals surface area (Å²) in [5.74, 6) is 0. The SMILES string of the molecule is OCCCc1csc(-c2ccc(Br)s2)n1. The van der Waals surface area contributed by atoms with Crippen molar-refractivity contribution >= 4 is 38.6 Å². The van der Waals surface area contributed by atoms with Crippen LogP contribution in [0.5, 0.6) is 0 Å². The Morgan fingerprint density at radius 2 is 2.27 bits per heavy atom. The first-order valence-electron chi connectivity index (χ1n) is 4.60. The van der Waals surface area contributed by atoms with Gasteiger partial charge in [-0.15, -0.1) is 22.7 Å². The maximum Gasteiger partial charge on any atom is 0.133 e. The van der Waals surface area contributed by atoms with Gasteiger partial charge in [0, 0.05) is 12.0 Å². The Labute approximate surface area is 105 Å². The van der Waals surface area contributed by atoms with Crippen LogP contribution >= 0.6 is 38.6 Å². The first-order chi connectivity index (χ1) is 7.29. The summed E-state index contributed by atoms with van der Waals surface area (Å²) in [6.07, 6.45) is 1.65. The molecule has 0 aromatic carbocycles. The topological polar surface area (TPSA) is 33.1 Å². The summed E-state index contributed by atoms with van der Waals surface area (Å²) in [7, 11) is 0. The molecule has 5 heteroatoms. The Bertz CT molecular complexity index is 438. The van der Waals surface area contributed by atoms with Crippen molar-refractivity contribution in [1.82, 2.24) is 4.98 Å². The summed E-state index contributed by atoms with van der Waals surface area (Å²) in [5.41, 5.74) is 1.08. The van der Waals surface area contributed by atoms with Crippen LogP contribution in [0.4, 0.5) is 0 Å². The molecule has 2 aromatic rings. The van der Waals surface area contributed by atoms with Crippen LogP contribution in [0.3, 0.4) is 0 Å². The third-order valence-corrected chi connectivity index (χ3v) is 4.61. The molecular formula is C10H10BrNOS2. The second kappa shape index (κ2) is 5.21. The number of aryl methyl sites for hydroxylation is 1. The van der Waals surface area contributed by atoms with Crippen molar-refractivity contribution in [3.63, 3.8) is 0 Å². The molecular weight excluding hydrogens is 294 g/mol. The third kappa shape index (κ3) is 2.87. The summed E-state index contributed by atoms with van der Waals surface area (Å²) in [6.45, 7) is 0.234. The van der Waals surface area contributed by atoms with Crippen LogP contribution in [-0.4, -0.2) is 16.7 Å². The molecule has 0 unspecified atom stereocenters. The Kier molecular flexibility index (Phi) is 3.91. The number of thiazole rings is 1. The maximum atomic E-state index is 8.73. The first-order valence-corrected chi connectivity index (χ1v) is 7.09. The van der Waals surface area contributed by atoms with Gasteiger partial charge in [0.1, 0.15) is 5.01 Å². The minimum atomic E-state index is 0.234.